The third-order valence-electron chi connectivity index (χ3n) is 3.90. The first-order chi connectivity index (χ1) is 11.7. The number of ether oxygens (including phenoxy) is 2. The molecule has 3 rings (SSSR count). The van der Waals surface area contributed by atoms with Crippen molar-refractivity contribution in [3.05, 3.63) is 18.5 Å². The molecule has 1 aromatic heterocycles. The number of morpholine rings is 2. The van der Waals surface area contributed by atoms with Crippen LogP contribution in [0.3, 0.4) is 0 Å². The molecule has 2 aliphatic rings. The minimum absolute atomic E-state index is 0.216. The van der Waals surface area contributed by atoms with Crippen molar-refractivity contribution in [1.82, 2.24) is 14.8 Å². The van der Waals surface area contributed by atoms with Gasteiger partial charge in [0.2, 0.25) is 0 Å². The van der Waals surface area contributed by atoms with Crippen molar-refractivity contribution < 1.29 is 19.1 Å². The number of nitrogens with one attached hydrogen (secondary N) is 2. The van der Waals surface area contributed by atoms with Crippen LogP contribution in [0, 0.1) is 0 Å². The van der Waals surface area contributed by atoms with Crippen molar-refractivity contribution in [3.8, 4) is 0 Å². The summed E-state index contributed by atoms with van der Waals surface area (Å²) in [6.45, 7) is 4.30. The second-order valence-corrected chi connectivity index (χ2v) is 5.48. The largest absolute Gasteiger partial charge is 0.378 e. The molecule has 0 atom stereocenters. The minimum Gasteiger partial charge on any atom is -0.378 e. The molecule has 9 nitrogen and oxygen atoms in total. The molecule has 1 aromatic rings. The molecule has 0 radical (unpaired) electrons. The van der Waals surface area contributed by atoms with Crippen LogP contribution in [-0.4, -0.2) is 79.5 Å². The number of amides is 4. The molecule has 0 bridgehead atoms. The summed E-state index contributed by atoms with van der Waals surface area (Å²) in [6, 6.07) is 1.22. The molecule has 4 amide bonds. The number of carbonyl (C=O) groups excluding carboxylic acids is 2. The second-order valence-electron chi connectivity index (χ2n) is 5.48. The van der Waals surface area contributed by atoms with E-state index in [1.54, 1.807) is 22.1 Å². The van der Waals surface area contributed by atoms with Crippen LogP contribution in [-0.2, 0) is 9.47 Å². The van der Waals surface area contributed by atoms with E-state index in [1.807, 2.05) is 0 Å². The van der Waals surface area contributed by atoms with Crippen LogP contribution in [0.25, 0.3) is 0 Å². The van der Waals surface area contributed by atoms with E-state index in [4.69, 9.17) is 9.47 Å². The second kappa shape index (κ2) is 7.93. The molecule has 0 spiro atoms. The molecule has 130 valence electrons. The fraction of sp³-hybridized carbons (Fsp3) is 0.533. The summed E-state index contributed by atoms with van der Waals surface area (Å²) in [5.74, 6) is 0. The highest BCUT2D eigenvalue weighted by Gasteiger charge is 2.20. The SMILES string of the molecule is O=C(Nc1ccncc1NC(=O)N1CCOCC1)N1CCOCC1. The number of urea groups is 2. The highest BCUT2D eigenvalue weighted by molar-refractivity contribution is 5.98. The van der Waals surface area contributed by atoms with Gasteiger partial charge in [0.25, 0.3) is 0 Å². The number of pyridine rings is 1. The number of hydrogen-bond acceptors (Lipinski definition) is 5. The van der Waals surface area contributed by atoms with Gasteiger partial charge in [-0.2, -0.15) is 0 Å². The highest BCUT2D eigenvalue weighted by atomic mass is 16.5. The highest BCUT2D eigenvalue weighted by Crippen LogP contribution is 2.21. The van der Waals surface area contributed by atoms with Gasteiger partial charge in [0.15, 0.2) is 0 Å². The molecular formula is C15H21N5O4. The zero-order valence-corrected chi connectivity index (χ0v) is 13.4. The summed E-state index contributed by atoms with van der Waals surface area (Å²) in [5.41, 5.74) is 0.985. The minimum atomic E-state index is -0.229. The molecule has 2 fully saturated rings. The summed E-state index contributed by atoms with van der Waals surface area (Å²) in [4.78, 5) is 32.0. The Morgan fingerprint density at radius 3 is 1.92 bits per heavy atom. The van der Waals surface area contributed by atoms with Crippen molar-refractivity contribution in [2.75, 3.05) is 63.2 Å². The Morgan fingerprint density at radius 1 is 0.875 bits per heavy atom. The van der Waals surface area contributed by atoms with E-state index in [-0.39, 0.29) is 12.1 Å². The smallest absolute Gasteiger partial charge is 0.322 e. The van der Waals surface area contributed by atoms with E-state index in [2.05, 4.69) is 15.6 Å². The topological polar surface area (TPSA) is 96.0 Å². The molecule has 0 saturated carbocycles. The van der Waals surface area contributed by atoms with Crippen LogP contribution in [0.4, 0.5) is 21.0 Å². The number of aromatic nitrogens is 1. The summed E-state index contributed by atoms with van der Waals surface area (Å²) in [6.07, 6.45) is 3.09. The monoisotopic (exact) mass is 335 g/mol. The summed E-state index contributed by atoms with van der Waals surface area (Å²) >= 11 is 0. The van der Waals surface area contributed by atoms with E-state index < -0.39 is 0 Å². The number of hydrogen-bond donors (Lipinski definition) is 2. The van der Waals surface area contributed by atoms with Crippen LogP contribution < -0.4 is 10.6 Å². The molecule has 3 heterocycles. The molecule has 24 heavy (non-hydrogen) atoms. The first-order valence-corrected chi connectivity index (χ1v) is 7.95. The number of carbonyl (C=O) groups is 2. The predicted molar refractivity (Wildman–Crippen MR) is 87.1 cm³/mol. The lowest BCUT2D eigenvalue weighted by Crippen LogP contribution is -2.44. The first-order valence-electron chi connectivity index (χ1n) is 7.95. The standard InChI is InChI=1S/C15H21N5O4/c21-14(19-3-7-23-8-4-19)17-12-1-2-16-11-13(12)18-15(22)20-5-9-24-10-6-20/h1-2,11H,3-10H2,(H,18,22)(H,16,17,21). The molecule has 0 aromatic carbocycles. The molecule has 2 saturated heterocycles. The summed E-state index contributed by atoms with van der Waals surface area (Å²) in [5, 5.41) is 5.62. The van der Waals surface area contributed by atoms with Gasteiger partial charge in [0.1, 0.15) is 0 Å². The van der Waals surface area contributed by atoms with Gasteiger partial charge in [-0.3, -0.25) is 4.98 Å². The lowest BCUT2D eigenvalue weighted by Gasteiger charge is -2.28. The van der Waals surface area contributed by atoms with Crippen molar-refractivity contribution in [3.63, 3.8) is 0 Å². The van der Waals surface area contributed by atoms with Crippen molar-refractivity contribution in [2.24, 2.45) is 0 Å². The lowest BCUT2D eigenvalue weighted by atomic mass is 10.3. The lowest BCUT2D eigenvalue weighted by molar-refractivity contribution is 0.0563. The Kier molecular flexibility index (Phi) is 5.44. The van der Waals surface area contributed by atoms with Crippen LogP contribution in [0.2, 0.25) is 0 Å². The van der Waals surface area contributed by atoms with Gasteiger partial charge in [-0.05, 0) is 6.07 Å². The third kappa shape index (κ3) is 4.12. The number of nitrogens with zero attached hydrogens (tertiary/aromatic N) is 3. The zero-order chi connectivity index (χ0) is 16.8. The summed E-state index contributed by atoms with van der Waals surface area (Å²) < 4.78 is 10.5. The van der Waals surface area contributed by atoms with Gasteiger partial charge < -0.3 is 29.9 Å². The normalized spacial score (nSPS) is 18.2. The van der Waals surface area contributed by atoms with Gasteiger partial charge in [0.05, 0.1) is 44.0 Å². The van der Waals surface area contributed by atoms with E-state index in [0.29, 0.717) is 64.0 Å². The maximum atomic E-state index is 12.3. The van der Waals surface area contributed by atoms with E-state index >= 15 is 0 Å². The van der Waals surface area contributed by atoms with E-state index in [0.717, 1.165) is 0 Å². The Bertz CT molecular complexity index is 534. The van der Waals surface area contributed by atoms with Crippen molar-refractivity contribution in [1.29, 1.82) is 0 Å². The average molecular weight is 335 g/mol. The Morgan fingerprint density at radius 2 is 1.38 bits per heavy atom. The average Bonchev–Trinajstić information content (AvgIpc) is 2.64. The maximum Gasteiger partial charge on any atom is 0.322 e. The first kappa shape index (κ1) is 16.5. The van der Waals surface area contributed by atoms with Gasteiger partial charge >= 0.3 is 12.1 Å². The van der Waals surface area contributed by atoms with Crippen LogP contribution in [0.1, 0.15) is 0 Å². The molecule has 9 heteroatoms. The number of rotatable bonds is 2. The van der Waals surface area contributed by atoms with Crippen molar-refractivity contribution in [2.45, 2.75) is 0 Å². The van der Waals surface area contributed by atoms with Gasteiger partial charge in [-0.25, -0.2) is 9.59 Å². The van der Waals surface area contributed by atoms with Crippen LogP contribution in [0.15, 0.2) is 18.5 Å². The zero-order valence-electron chi connectivity index (χ0n) is 13.4. The Balaban J connectivity index is 1.63. The Hall–Kier alpha value is -2.39. The van der Waals surface area contributed by atoms with Crippen LogP contribution in [0.5, 0.6) is 0 Å². The quantitative estimate of drug-likeness (QED) is 0.834. The fourth-order valence-corrected chi connectivity index (χ4v) is 2.52. The fourth-order valence-electron chi connectivity index (χ4n) is 2.52. The summed E-state index contributed by atoms with van der Waals surface area (Å²) in [7, 11) is 0. The van der Waals surface area contributed by atoms with E-state index in [9.17, 15) is 9.59 Å². The van der Waals surface area contributed by atoms with Gasteiger partial charge in [0, 0.05) is 32.4 Å². The Labute approximate surface area is 139 Å². The molecule has 2 aliphatic heterocycles. The van der Waals surface area contributed by atoms with Crippen molar-refractivity contribution >= 4 is 23.4 Å². The van der Waals surface area contributed by atoms with Crippen LogP contribution >= 0.6 is 0 Å². The van der Waals surface area contributed by atoms with E-state index in [1.165, 1.54) is 6.20 Å². The predicted octanol–water partition coefficient (Wildman–Crippen LogP) is 0.810. The maximum absolute atomic E-state index is 12.3. The molecular weight excluding hydrogens is 314 g/mol. The number of anilines is 2. The molecule has 2 N–H and O–H groups in total. The molecule has 0 unspecified atom stereocenters. The molecule has 0 aliphatic carbocycles. The van der Waals surface area contributed by atoms with Gasteiger partial charge in [-0.15, -0.1) is 0 Å². The third-order valence-corrected chi connectivity index (χ3v) is 3.90. The van der Waals surface area contributed by atoms with Gasteiger partial charge in [-0.1, -0.05) is 0 Å².